The molecule has 1 heterocycles. The molecule has 1 aliphatic heterocycles. The van der Waals surface area contributed by atoms with Gasteiger partial charge in [0, 0.05) is 12.1 Å². The molecule has 1 unspecified atom stereocenters. The molecule has 0 fully saturated rings. The predicted octanol–water partition coefficient (Wildman–Crippen LogP) is 3.26. The second kappa shape index (κ2) is 8.60. The van der Waals surface area contributed by atoms with Crippen LogP contribution in [-0.4, -0.2) is 30.7 Å². The number of nitro groups is 1. The van der Waals surface area contributed by atoms with Crippen molar-refractivity contribution in [2.45, 2.75) is 19.9 Å². The van der Waals surface area contributed by atoms with Gasteiger partial charge < -0.3 is 19.5 Å². The van der Waals surface area contributed by atoms with Gasteiger partial charge in [0.05, 0.1) is 11.0 Å². The average molecular weight is 386 g/mol. The Morgan fingerprint density at radius 2 is 1.82 bits per heavy atom. The van der Waals surface area contributed by atoms with Crippen LogP contribution in [-0.2, 0) is 4.79 Å². The maximum Gasteiger partial charge on any atom is 0.269 e. The minimum absolute atomic E-state index is 0.0321. The first kappa shape index (κ1) is 19.5. The van der Waals surface area contributed by atoms with Crippen LogP contribution < -0.4 is 19.5 Å². The van der Waals surface area contributed by atoms with Gasteiger partial charge in [0.1, 0.15) is 19.0 Å². The molecule has 8 heteroatoms. The van der Waals surface area contributed by atoms with Crippen LogP contribution in [0.4, 0.5) is 5.69 Å². The number of nitro benzene ring substituents is 1. The average Bonchev–Trinajstić information content (AvgIpc) is 2.70. The zero-order valence-corrected chi connectivity index (χ0v) is 15.7. The molecular formula is C20H22N2O6. The molecule has 0 aliphatic carbocycles. The quantitative estimate of drug-likeness (QED) is 0.579. The molecule has 3 rings (SSSR count). The van der Waals surface area contributed by atoms with E-state index < -0.39 is 4.92 Å². The van der Waals surface area contributed by atoms with E-state index in [0.717, 1.165) is 5.56 Å². The molecule has 0 spiro atoms. The summed E-state index contributed by atoms with van der Waals surface area (Å²) in [6.45, 7) is 4.86. The van der Waals surface area contributed by atoms with Crippen molar-refractivity contribution >= 4 is 11.6 Å². The van der Waals surface area contributed by atoms with Crippen molar-refractivity contribution in [3.05, 3.63) is 58.1 Å². The normalized spacial score (nSPS) is 13.7. The molecule has 28 heavy (non-hydrogen) atoms. The molecule has 0 bridgehead atoms. The van der Waals surface area contributed by atoms with Crippen LogP contribution in [0.1, 0.15) is 25.5 Å². The summed E-state index contributed by atoms with van der Waals surface area (Å²) in [6.07, 6.45) is 0. The van der Waals surface area contributed by atoms with Crippen molar-refractivity contribution in [3.8, 4) is 17.2 Å². The fourth-order valence-electron chi connectivity index (χ4n) is 2.92. The standard InChI is InChI=1S/C20H22N2O6/c1-13(2)20(14-3-8-17-18(11-14)27-10-9-26-17)21-19(23)12-28-16-6-4-15(5-7-16)22(24)25/h3-8,11,13,20H,9-10,12H2,1-2H3,(H,21,23). The SMILES string of the molecule is CC(C)C(NC(=O)COc1ccc([N+](=O)[O-])cc1)c1ccc2c(c1)OCCO2. The van der Waals surface area contributed by atoms with Gasteiger partial charge >= 0.3 is 0 Å². The van der Waals surface area contributed by atoms with Crippen LogP contribution in [0.15, 0.2) is 42.5 Å². The molecule has 2 aromatic carbocycles. The number of carbonyl (C=O) groups is 1. The lowest BCUT2D eigenvalue weighted by Crippen LogP contribution is -2.35. The first-order chi connectivity index (χ1) is 13.4. The minimum atomic E-state index is -0.489. The van der Waals surface area contributed by atoms with Gasteiger partial charge in [-0.05, 0) is 35.7 Å². The number of ether oxygens (including phenoxy) is 3. The van der Waals surface area contributed by atoms with Crippen molar-refractivity contribution < 1.29 is 23.9 Å². The van der Waals surface area contributed by atoms with E-state index in [1.54, 1.807) is 0 Å². The number of non-ortho nitro benzene ring substituents is 1. The minimum Gasteiger partial charge on any atom is -0.486 e. The number of benzene rings is 2. The molecule has 1 N–H and O–H groups in total. The fourth-order valence-corrected chi connectivity index (χ4v) is 2.92. The second-order valence-electron chi connectivity index (χ2n) is 6.73. The molecule has 0 saturated heterocycles. The molecule has 148 valence electrons. The summed E-state index contributed by atoms with van der Waals surface area (Å²) in [5, 5.41) is 13.6. The molecule has 1 atom stereocenters. The van der Waals surface area contributed by atoms with Gasteiger partial charge in [0.2, 0.25) is 0 Å². The van der Waals surface area contributed by atoms with Gasteiger partial charge in [-0.1, -0.05) is 19.9 Å². The number of fused-ring (bicyclic) bond motifs is 1. The largest absolute Gasteiger partial charge is 0.486 e. The summed E-state index contributed by atoms with van der Waals surface area (Å²) in [5.74, 6) is 1.62. The third kappa shape index (κ3) is 4.70. The summed E-state index contributed by atoms with van der Waals surface area (Å²) in [5.41, 5.74) is 0.887. The Labute approximate surface area is 162 Å². The van der Waals surface area contributed by atoms with Gasteiger partial charge in [-0.15, -0.1) is 0 Å². The van der Waals surface area contributed by atoms with E-state index in [4.69, 9.17) is 14.2 Å². The van der Waals surface area contributed by atoms with Crippen LogP contribution in [0.25, 0.3) is 0 Å². The highest BCUT2D eigenvalue weighted by Crippen LogP contribution is 2.34. The number of amides is 1. The van der Waals surface area contributed by atoms with E-state index in [9.17, 15) is 14.9 Å². The van der Waals surface area contributed by atoms with Crippen LogP contribution in [0.5, 0.6) is 17.2 Å². The number of carbonyl (C=O) groups excluding carboxylic acids is 1. The summed E-state index contributed by atoms with van der Waals surface area (Å²) >= 11 is 0. The van der Waals surface area contributed by atoms with E-state index in [1.165, 1.54) is 24.3 Å². The Kier molecular flexibility index (Phi) is 5.98. The summed E-state index contributed by atoms with van der Waals surface area (Å²) < 4.78 is 16.6. The molecule has 1 aliphatic rings. The van der Waals surface area contributed by atoms with E-state index in [-0.39, 0.29) is 30.2 Å². The van der Waals surface area contributed by atoms with Crippen molar-refractivity contribution in [2.75, 3.05) is 19.8 Å². The lowest BCUT2D eigenvalue weighted by atomic mass is 9.95. The van der Waals surface area contributed by atoms with E-state index in [1.807, 2.05) is 32.0 Å². The van der Waals surface area contributed by atoms with Crippen LogP contribution >= 0.6 is 0 Å². The maximum atomic E-state index is 12.4. The molecule has 1 amide bonds. The topological polar surface area (TPSA) is 99.9 Å². The van der Waals surface area contributed by atoms with Gasteiger partial charge in [0.25, 0.3) is 11.6 Å². The van der Waals surface area contributed by atoms with E-state index in [2.05, 4.69) is 5.32 Å². The molecule has 0 radical (unpaired) electrons. The third-order valence-electron chi connectivity index (χ3n) is 4.33. The van der Waals surface area contributed by atoms with Crippen LogP contribution in [0.2, 0.25) is 0 Å². The summed E-state index contributed by atoms with van der Waals surface area (Å²) in [6, 6.07) is 11.0. The lowest BCUT2D eigenvalue weighted by Gasteiger charge is -2.25. The molecule has 0 aromatic heterocycles. The number of nitrogens with zero attached hydrogens (tertiary/aromatic N) is 1. The van der Waals surface area contributed by atoms with Gasteiger partial charge in [-0.2, -0.15) is 0 Å². The molecule has 8 nitrogen and oxygen atoms in total. The van der Waals surface area contributed by atoms with Gasteiger partial charge in [0.15, 0.2) is 18.1 Å². The smallest absolute Gasteiger partial charge is 0.269 e. The fraction of sp³-hybridized carbons (Fsp3) is 0.350. The number of hydrogen-bond acceptors (Lipinski definition) is 6. The molecule has 0 saturated carbocycles. The van der Waals surface area contributed by atoms with Gasteiger partial charge in [-0.3, -0.25) is 14.9 Å². The van der Waals surface area contributed by atoms with Crippen molar-refractivity contribution in [1.82, 2.24) is 5.32 Å². The molecule has 2 aromatic rings. The molecular weight excluding hydrogens is 364 g/mol. The third-order valence-corrected chi connectivity index (χ3v) is 4.33. The first-order valence-electron chi connectivity index (χ1n) is 9.00. The number of hydrogen-bond donors (Lipinski definition) is 1. The second-order valence-corrected chi connectivity index (χ2v) is 6.73. The maximum absolute atomic E-state index is 12.4. The number of rotatable bonds is 7. The van der Waals surface area contributed by atoms with Gasteiger partial charge in [-0.25, -0.2) is 0 Å². The summed E-state index contributed by atoms with van der Waals surface area (Å²) in [4.78, 5) is 22.6. The first-order valence-corrected chi connectivity index (χ1v) is 9.00. The highest BCUT2D eigenvalue weighted by atomic mass is 16.6. The predicted molar refractivity (Wildman–Crippen MR) is 102 cm³/mol. The van der Waals surface area contributed by atoms with E-state index >= 15 is 0 Å². The highest BCUT2D eigenvalue weighted by Gasteiger charge is 2.21. The van der Waals surface area contributed by atoms with E-state index in [0.29, 0.717) is 30.5 Å². The van der Waals surface area contributed by atoms with Crippen molar-refractivity contribution in [2.24, 2.45) is 5.92 Å². The van der Waals surface area contributed by atoms with Crippen LogP contribution in [0.3, 0.4) is 0 Å². The lowest BCUT2D eigenvalue weighted by molar-refractivity contribution is -0.384. The Morgan fingerprint density at radius 1 is 1.14 bits per heavy atom. The van der Waals surface area contributed by atoms with Crippen molar-refractivity contribution in [1.29, 1.82) is 0 Å². The summed E-state index contributed by atoms with van der Waals surface area (Å²) in [7, 11) is 0. The zero-order valence-electron chi connectivity index (χ0n) is 15.7. The van der Waals surface area contributed by atoms with Crippen molar-refractivity contribution in [3.63, 3.8) is 0 Å². The van der Waals surface area contributed by atoms with Crippen LogP contribution in [0, 0.1) is 16.0 Å². The Hall–Kier alpha value is -3.29. The Bertz CT molecular complexity index is 850. The number of nitrogens with one attached hydrogen (secondary N) is 1. The monoisotopic (exact) mass is 386 g/mol. The Morgan fingerprint density at radius 3 is 2.46 bits per heavy atom. The zero-order chi connectivity index (χ0) is 20.1. The Balaban J connectivity index is 1.62. The highest BCUT2D eigenvalue weighted by molar-refractivity contribution is 5.78.